The highest BCUT2D eigenvalue weighted by Gasteiger charge is 2.32. The number of nitrogens with two attached hydrogens (primary N) is 1. The van der Waals surface area contributed by atoms with Crippen LogP contribution in [0.2, 0.25) is 0 Å². The van der Waals surface area contributed by atoms with Crippen LogP contribution >= 0.6 is 0 Å². The highest BCUT2D eigenvalue weighted by molar-refractivity contribution is 5.81. The fraction of sp³-hybridized carbons (Fsp3) is 0.923. The molecule has 1 aliphatic heterocycles. The van der Waals surface area contributed by atoms with E-state index in [9.17, 15) is 4.79 Å². The summed E-state index contributed by atoms with van der Waals surface area (Å²) >= 11 is 0. The standard InChI is InChI=1S/C13H26N2O2/c1-9-5-6-10(17-9)12(16)15-11(7-8-14)13(2,3)4/h9-11H,5-8,14H2,1-4H3,(H,15,16). The SMILES string of the molecule is CC1CCC(C(=O)NC(CCN)C(C)(C)C)O1. The molecule has 0 spiro atoms. The van der Waals surface area contributed by atoms with Gasteiger partial charge in [0.15, 0.2) is 0 Å². The largest absolute Gasteiger partial charge is 0.365 e. The first kappa shape index (κ1) is 14.5. The zero-order chi connectivity index (χ0) is 13.1. The predicted molar refractivity (Wildman–Crippen MR) is 68.6 cm³/mol. The van der Waals surface area contributed by atoms with Gasteiger partial charge in [-0.1, -0.05) is 20.8 Å². The van der Waals surface area contributed by atoms with Crippen LogP contribution in [0.15, 0.2) is 0 Å². The molecule has 1 aliphatic rings. The first-order valence-corrected chi connectivity index (χ1v) is 6.50. The van der Waals surface area contributed by atoms with E-state index < -0.39 is 0 Å². The molecule has 3 atom stereocenters. The molecule has 1 saturated heterocycles. The van der Waals surface area contributed by atoms with Crippen LogP contribution in [0, 0.1) is 5.41 Å². The number of ether oxygens (including phenoxy) is 1. The summed E-state index contributed by atoms with van der Waals surface area (Å²) in [6.07, 6.45) is 2.53. The summed E-state index contributed by atoms with van der Waals surface area (Å²) in [5.41, 5.74) is 5.62. The van der Waals surface area contributed by atoms with E-state index in [0.717, 1.165) is 19.3 Å². The fourth-order valence-corrected chi connectivity index (χ4v) is 2.15. The molecule has 4 nitrogen and oxygen atoms in total. The van der Waals surface area contributed by atoms with E-state index in [-0.39, 0.29) is 29.6 Å². The summed E-state index contributed by atoms with van der Waals surface area (Å²) in [6, 6.07) is 0.111. The van der Waals surface area contributed by atoms with Crippen molar-refractivity contribution in [2.24, 2.45) is 11.1 Å². The normalized spacial score (nSPS) is 26.9. The van der Waals surface area contributed by atoms with E-state index >= 15 is 0 Å². The first-order valence-electron chi connectivity index (χ1n) is 6.50. The second kappa shape index (κ2) is 5.83. The zero-order valence-electron chi connectivity index (χ0n) is 11.5. The van der Waals surface area contributed by atoms with Crippen molar-refractivity contribution in [3.8, 4) is 0 Å². The number of rotatable bonds is 4. The van der Waals surface area contributed by atoms with Crippen LogP contribution < -0.4 is 11.1 Å². The van der Waals surface area contributed by atoms with E-state index in [1.807, 2.05) is 6.92 Å². The third-order valence-electron chi connectivity index (χ3n) is 3.34. The van der Waals surface area contributed by atoms with Gasteiger partial charge in [0.05, 0.1) is 6.10 Å². The Bertz CT molecular complexity index is 261. The van der Waals surface area contributed by atoms with E-state index in [4.69, 9.17) is 10.5 Å². The molecule has 0 aliphatic carbocycles. The van der Waals surface area contributed by atoms with Gasteiger partial charge in [-0.2, -0.15) is 0 Å². The highest BCUT2D eigenvalue weighted by Crippen LogP contribution is 2.23. The van der Waals surface area contributed by atoms with E-state index in [0.29, 0.717) is 6.54 Å². The van der Waals surface area contributed by atoms with Crippen LogP contribution in [0.3, 0.4) is 0 Å². The minimum atomic E-state index is -0.271. The number of hydrogen-bond acceptors (Lipinski definition) is 3. The van der Waals surface area contributed by atoms with Crippen molar-refractivity contribution in [2.45, 2.75) is 65.2 Å². The maximum atomic E-state index is 12.0. The van der Waals surface area contributed by atoms with Crippen LogP contribution in [-0.2, 0) is 9.53 Å². The Kier molecular flexibility index (Phi) is 4.95. The van der Waals surface area contributed by atoms with Crippen molar-refractivity contribution in [1.82, 2.24) is 5.32 Å². The molecular weight excluding hydrogens is 216 g/mol. The average Bonchev–Trinajstić information content (AvgIpc) is 2.62. The van der Waals surface area contributed by atoms with Gasteiger partial charge in [-0.05, 0) is 38.1 Å². The monoisotopic (exact) mass is 242 g/mol. The quantitative estimate of drug-likeness (QED) is 0.784. The molecule has 1 rings (SSSR count). The van der Waals surface area contributed by atoms with E-state index in [1.54, 1.807) is 0 Å². The molecule has 0 aromatic rings. The number of carbonyl (C=O) groups excluding carboxylic acids is 1. The van der Waals surface area contributed by atoms with E-state index in [2.05, 4.69) is 26.1 Å². The lowest BCUT2D eigenvalue weighted by atomic mass is 9.84. The Morgan fingerprint density at radius 1 is 1.47 bits per heavy atom. The summed E-state index contributed by atoms with van der Waals surface area (Å²) in [7, 11) is 0. The Labute approximate surface area is 104 Å². The van der Waals surface area contributed by atoms with Crippen LogP contribution in [-0.4, -0.2) is 30.7 Å². The van der Waals surface area contributed by atoms with Gasteiger partial charge in [0.2, 0.25) is 5.91 Å². The Hall–Kier alpha value is -0.610. The van der Waals surface area contributed by atoms with Crippen LogP contribution in [0.1, 0.15) is 47.0 Å². The number of nitrogens with one attached hydrogen (secondary N) is 1. The van der Waals surface area contributed by atoms with E-state index in [1.165, 1.54) is 0 Å². The summed E-state index contributed by atoms with van der Waals surface area (Å²) in [5, 5.41) is 3.08. The molecule has 1 fully saturated rings. The molecule has 0 radical (unpaired) electrons. The Balaban J connectivity index is 2.52. The van der Waals surface area contributed by atoms with Crippen molar-refractivity contribution >= 4 is 5.91 Å². The third kappa shape index (κ3) is 4.28. The average molecular weight is 242 g/mol. The molecule has 0 saturated carbocycles. The van der Waals surface area contributed by atoms with Crippen LogP contribution in [0.4, 0.5) is 0 Å². The molecule has 17 heavy (non-hydrogen) atoms. The lowest BCUT2D eigenvalue weighted by Gasteiger charge is -2.32. The molecule has 0 aromatic carbocycles. The molecule has 3 N–H and O–H groups in total. The second-order valence-corrected chi connectivity index (χ2v) is 6.02. The van der Waals surface area contributed by atoms with Crippen molar-refractivity contribution in [3.63, 3.8) is 0 Å². The Morgan fingerprint density at radius 3 is 2.53 bits per heavy atom. The smallest absolute Gasteiger partial charge is 0.249 e. The maximum absolute atomic E-state index is 12.0. The highest BCUT2D eigenvalue weighted by atomic mass is 16.5. The fourth-order valence-electron chi connectivity index (χ4n) is 2.15. The summed E-state index contributed by atoms with van der Waals surface area (Å²) in [4.78, 5) is 12.0. The molecule has 0 bridgehead atoms. The molecular formula is C13H26N2O2. The lowest BCUT2D eigenvalue weighted by Crippen LogP contribution is -2.48. The molecule has 0 aromatic heterocycles. The molecule has 100 valence electrons. The van der Waals surface area contributed by atoms with Crippen molar-refractivity contribution in [2.75, 3.05) is 6.54 Å². The zero-order valence-corrected chi connectivity index (χ0v) is 11.5. The minimum Gasteiger partial charge on any atom is -0.365 e. The van der Waals surface area contributed by atoms with Gasteiger partial charge in [-0.3, -0.25) is 4.79 Å². The molecule has 1 amide bonds. The van der Waals surface area contributed by atoms with Gasteiger partial charge in [-0.25, -0.2) is 0 Å². The summed E-state index contributed by atoms with van der Waals surface area (Å²) < 4.78 is 5.57. The van der Waals surface area contributed by atoms with Crippen molar-refractivity contribution < 1.29 is 9.53 Å². The number of carbonyl (C=O) groups is 1. The minimum absolute atomic E-state index is 0.0164. The van der Waals surface area contributed by atoms with Gasteiger partial charge in [0, 0.05) is 6.04 Å². The third-order valence-corrected chi connectivity index (χ3v) is 3.34. The Morgan fingerprint density at radius 2 is 2.12 bits per heavy atom. The van der Waals surface area contributed by atoms with Crippen molar-refractivity contribution in [1.29, 1.82) is 0 Å². The molecule has 3 unspecified atom stereocenters. The van der Waals surface area contributed by atoms with Gasteiger partial charge in [-0.15, -0.1) is 0 Å². The lowest BCUT2D eigenvalue weighted by molar-refractivity contribution is -0.133. The predicted octanol–water partition coefficient (Wildman–Crippen LogP) is 1.43. The van der Waals surface area contributed by atoms with Crippen molar-refractivity contribution in [3.05, 3.63) is 0 Å². The summed E-state index contributed by atoms with van der Waals surface area (Å²) in [5.74, 6) is 0.0164. The van der Waals surface area contributed by atoms with Crippen LogP contribution in [0.5, 0.6) is 0 Å². The molecule has 4 heteroatoms. The summed E-state index contributed by atoms with van der Waals surface area (Å²) in [6.45, 7) is 8.95. The first-order chi connectivity index (χ1) is 7.84. The maximum Gasteiger partial charge on any atom is 0.249 e. The molecule has 1 heterocycles. The van der Waals surface area contributed by atoms with Crippen LogP contribution in [0.25, 0.3) is 0 Å². The topological polar surface area (TPSA) is 64.4 Å². The van der Waals surface area contributed by atoms with Gasteiger partial charge >= 0.3 is 0 Å². The van der Waals surface area contributed by atoms with Gasteiger partial charge in [0.1, 0.15) is 6.10 Å². The number of amides is 1. The second-order valence-electron chi connectivity index (χ2n) is 6.02. The van der Waals surface area contributed by atoms with Gasteiger partial charge < -0.3 is 15.8 Å². The number of hydrogen-bond donors (Lipinski definition) is 2. The van der Waals surface area contributed by atoms with Gasteiger partial charge in [0.25, 0.3) is 0 Å².